The third kappa shape index (κ3) is 3.09. The summed E-state index contributed by atoms with van der Waals surface area (Å²) in [5.41, 5.74) is 1.11. The van der Waals surface area contributed by atoms with Crippen molar-refractivity contribution in [3.8, 4) is 0 Å². The SMILES string of the molecule is CCc1cc(C(=O)O)cc(NC2CC=CCC2)n1. The van der Waals surface area contributed by atoms with Crippen LogP contribution in [0.2, 0.25) is 0 Å². The van der Waals surface area contributed by atoms with Crippen LogP contribution in [-0.4, -0.2) is 22.1 Å². The smallest absolute Gasteiger partial charge is 0.335 e. The standard InChI is InChI=1S/C14H18N2O2/c1-2-11-8-10(14(17)18)9-13(15-11)16-12-6-4-3-5-7-12/h3-4,8-9,12H,2,5-7H2,1H3,(H,15,16)(H,17,18). The first kappa shape index (κ1) is 12.6. The number of carboxylic acids is 1. The van der Waals surface area contributed by atoms with Gasteiger partial charge in [0.25, 0.3) is 0 Å². The molecule has 2 rings (SSSR count). The lowest BCUT2D eigenvalue weighted by molar-refractivity contribution is 0.0696. The molecule has 4 nitrogen and oxygen atoms in total. The molecular formula is C14H18N2O2. The minimum absolute atomic E-state index is 0.302. The molecule has 0 fully saturated rings. The Bertz CT molecular complexity index is 469. The highest BCUT2D eigenvalue weighted by Gasteiger charge is 2.12. The molecule has 0 saturated heterocycles. The van der Waals surface area contributed by atoms with Crippen LogP contribution in [0.1, 0.15) is 42.2 Å². The number of carboxylic acid groups (broad SMARTS) is 1. The fourth-order valence-corrected chi connectivity index (χ4v) is 2.10. The summed E-state index contributed by atoms with van der Waals surface area (Å²) in [6, 6.07) is 3.60. The van der Waals surface area contributed by atoms with Gasteiger partial charge in [0.1, 0.15) is 5.82 Å². The molecule has 0 saturated carbocycles. The first-order chi connectivity index (χ1) is 8.69. The summed E-state index contributed by atoms with van der Waals surface area (Å²) in [4.78, 5) is 15.5. The summed E-state index contributed by atoms with van der Waals surface area (Å²) in [5.74, 6) is -0.231. The third-order valence-electron chi connectivity index (χ3n) is 3.11. The Morgan fingerprint density at radius 1 is 1.50 bits per heavy atom. The van der Waals surface area contributed by atoms with E-state index < -0.39 is 5.97 Å². The molecule has 96 valence electrons. The molecule has 18 heavy (non-hydrogen) atoms. The van der Waals surface area contributed by atoms with Crippen molar-refractivity contribution in [3.63, 3.8) is 0 Å². The van der Waals surface area contributed by atoms with Gasteiger partial charge in [-0.25, -0.2) is 9.78 Å². The molecule has 1 aliphatic carbocycles. The number of aromatic carboxylic acids is 1. The van der Waals surface area contributed by atoms with Gasteiger partial charge in [0.2, 0.25) is 0 Å². The second-order valence-electron chi connectivity index (χ2n) is 4.52. The number of aryl methyl sites for hydroxylation is 1. The Morgan fingerprint density at radius 2 is 2.33 bits per heavy atom. The lowest BCUT2D eigenvalue weighted by Gasteiger charge is -2.20. The van der Waals surface area contributed by atoms with Gasteiger partial charge in [-0.3, -0.25) is 0 Å². The van der Waals surface area contributed by atoms with E-state index in [0.717, 1.165) is 31.4 Å². The summed E-state index contributed by atoms with van der Waals surface area (Å²) in [7, 11) is 0. The van der Waals surface area contributed by atoms with E-state index in [1.807, 2.05) is 6.92 Å². The Balaban J connectivity index is 2.18. The lowest BCUT2D eigenvalue weighted by Crippen LogP contribution is -2.21. The highest BCUT2D eigenvalue weighted by Crippen LogP contribution is 2.18. The molecule has 4 heteroatoms. The van der Waals surface area contributed by atoms with Crippen LogP contribution >= 0.6 is 0 Å². The molecular weight excluding hydrogens is 228 g/mol. The van der Waals surface area contributed by atoms with E-state index >= 15 is 0 Å². The van der Waals surface area contributed by atoms with Gasteiger partial charge in [0, 0.05) is 11.7 Å². The maximum absolute atomic E-state index is 11.0. The van der Waals surface area contributed by atoms with Gasteiger partial charge < -0.3 is 10.4 Å². The molecule has 2 N–H and O–H groups in total. The predicted octanol–water partition coefficient (Wildman–Crippen LogP) is 2.86. The van der Waals surface area contributed by atoms with Crippen molar-refractivity contribution in [2.75, 3.05) is 5.32 Å². The zero-order valence-electron chi connectivity index (χ0n) is 10.5. The highest BCUT2D eigenvalue weighted by molar-refractivity contribution is 5.88. The number of allylic oxidation sites excluding steroid dienone is 1. The van der Waals surface area contributed by atoms with Crippen LogP contribution in [0.25, 0.3) is 0 Å². The molecule has 1 aromatic heterocycles. The largest absolute Gasteiger partial charge is 0.478 e. The fraction of sp³-hybridized carbons (Fsp3) is 0.429. The summed E-state index contributed by atoms with van der Waals surface area (Å²) in [5, 5.41) is 12.4. The van der Waals surface area contributed by atoms with Crippen LogP contribution in [0.4, 0.5) is 5.82 Å². The molecule has 1 unspecified atom stereocenters. The van der Waals surface area contributed by atoms with Gasteiger partial charge in [-0.1, -0.05) is 19.1 Å². The Labute approximate surface area is 107 Å². The molecule has 1 aromatic rings. The summed E-state index contributed by atoms with van der Waals surface area (Å²) >= 11 is 0. The maximum atomic E-state index is 11.0. The van der Waals surface area contributed by atoms with Crippen molar-refractivity contribution in [1.29, 1.82) is 0 Å². The first-order valence-electron chi connectivity index (χ1n) is 6.35. The highest BCUT2D eigenvalue weighted by atomic mass is 16.4. The van der Waals surface area contributed by atoms with Crippen molar-refractivity contribution in [1.82, 2.24) is 4.98 Å². The van der Waals surface area contributed by atoms with Gasteiger partial charge in [-0.2, -0.15) is 0 Å². The van der Waals surface area contributed by atoms with E-state index in [1.54, 1.807) is 12.1 Å². The molecule has 0 amide bonds. The number of nitrogens with one attached hydrogen (secondary N) is 1. The van der Waals surface area contributed by atoms with Crippen molar-refractivity contribution < 1.29 is 9.90 Å². The number of rotatable bonds is 4. The van der Waals surface area contributed by atoms with Gasteiger partial charge in [-0.15, -0.1) is 0 Å². The van der Waals surface area contributed by atoms with Gasteiger partial charge in [0.05, 0.1) is 5.56 Å². The molecule has 1 aliphatic rings. The van der Waals surface area contributed by atoms with Crippen LogP contribution in [0.3, 0.4) is 0 Å². The van der Waals surface area contributed by atoms with E-state index in [4.69, 9.17) is 5.11 Å². The van der Waals surface area contributed by atoms with Crippen molar-refractivity contribution in [3.05, 3.63) is 35.5 Å². The Kier molecular flexibility index (Phi) is 3.97. The van der Waals surface area contributed by atoms with Crippen LogP contribution in [0.15, 0.2) is 24.3 Å². The Hall–Kier alpha value is -1.84. The van der Waals surface area contributed by atoms with E-state index in [-0.39, 0.29) is 0 Å². The number of hydrogen-bond donors (Lipinski definition) is 2. The van der Waals surface area contributed by atoms with Crippen molar-refractivity contribution in [2.24, 2.45) is 0 Å². The number of carbonyl (C=O) groups is 1. The van der Waals surface area contributed by atoms with Gasteiger partial charge in [-0.05, 0) is 37.8 Å². The van der Waals surface area contributed by atoms with Crippen molar-refractivity contribution >= 4 is 11.8 Å². The van der Waals surface area contributed by atoms with Gasteiger partial charge in [0.15, 0.2) is 0 Å². The minimum Gasteiger partial charge on any atom is -0.478 e. The van der Waals surface area contributed by atoms with E-state index in [9.17, 15) is 4.79 Å². The zero-order valence-corrected chi connectivity index (χ0v) is 10.5. The van der Waals surface area contributed by atoms with Crippen molar-refractivity contribution in [2.45, 2.75) is 38.6 Å². The molecule has 0 aliphatic heterocycles. The van der Waals surface area contributed by atoms with E-state index in [0.29, 0.717) is 17.4 Å². The predicted molar refractivity (Wildman–Crippen MR) is 71.0 cm³/mol. The zero-order chi connectivity index (χ0) is 13.0. The second-order valence-corrected chi connectivity index (χ2v) is 4.52. The molecule has 1 heterocycles. The monoisotopic (exact) mass is 246 g/mol. The molecule has 0 bridgehead atoms. The number of hydrogen-bond acceptors (Lipinski definition) is 3. The summed E-state index contributed by atoms with van der Waals surface area (Å²) < 4.78 is 0. The maximum Gasteiger partial charge on any atom is 0.335 e. The number of nitrogens with zero attached hydrogens (tertiary/aromatic N) is 1. The first-order valence-corrected chi connectivity index (χ1v) is 6.35. The van der Waals surface area contributed by atoms with E-state index in [1.165, 1.54) is 0 Å². The molecule has 0 aromatic carbocycles. The minimum atomic E-state index is -0.904. The molecule has 0 radical (unpaired) electrons. The third-order valence-corrected chi connectivity index (χ3v) is 3.11. The lowest BCUT2D eigenvalue weighted by atomic mass is 10.0. The number of anilines is 1. The van der Waals surface area contributed by atoms with Crippen LogP contribution < -0.4 is 5.32 Å². The average molecular weight is 246 g/mol. The van der Waals surface area contributed by atoms with Crippen LogP contribution in [-0.2, 0) is 6.42 Å². The van der Waals surface area contributed by atoms with Gasteiger partial charge >= 0.3 is 5.97 Å². The normalized spacial score (nSPS) is 18.6. The fourth-order valence-electron chi connectivity index (χ4n) is 2.10. The van der Waals surface area contributed by atoms with Crippen LogP contribution in [0.5, 0.6) is 0 Å². The summed E-state index contributed by atoms with van der Waals surface area (Å²) in [6.07, 6.45) is 8.17. The second kappa shape index (κ2) is 5.67. The molecule has 0 spiro atoms. The topological polar surface area (TPSA) is 62.2 Å². The van der Waals surface area contributed by atoms with E-state index in [2.05, 4.69) is 22.5 Å². The Morgan fingerprint density at radius 3 is 2.94 bits per heavy atom. The number of pyridine rings is 1. The average Bonchev–Trinajstić information content (AvgIpc) is 2.39. The molecule has 1 atom stereocenters. The number of aromatic nitrogens is 1. The summed E-state index contributed by atoms with van der Waals surface area (Å²) in [6.45, 7) is 1.97. The quantitative estimate of drug-likeness (QED) is 0.802. The van der Waals surface area contributed by atoms with Crippen LogP contribution in [0, 0.1) is 0 Å².